The van der Waals surface area contributed by atoms with E-state index in [-0.39, 0.29) is 17.5 Å². The monoisotopic (exact) mass is 370 g/mol. The Morgan fingerprint density at radius 3 is 2.60 bits per heavy atom. The summed E-state index contributed by atoms with van der Waals surface area (Å²) in [6.07, 6.45) is 1.95. The number of quaternary nitrogens is 1. The summed E-state index contributed by atoms with van der Waals surface area (Å²) < 4.78 is 0.636. The Bertz CT molecular complexity index is 851. The maximum absolute atomic E-state index is 9.77. The minimum absolute atomic E-state index is 0.100. The summed E-state index contributed by atoms with van der Waals surface area (Å²) in [7, 11) is 0. The molecule has 1 unspecified atom stereocenters. The molecule has 1 fully saturated rings. The molecule has 1 aliphatic heterocycles. The van der Waals surface area contributed by atoms with Crippen LogP contribution in [0.2, 0.25) is 4.34 Å². The van der Waals surface area contributed by atoms with Crippen LogP contribution >= 0.6 is 22.9 Å². The third kappa shape index (κ3) is 2.57. The van der Waals surface area contributed by atoms with E-state index in [2.05, 4.69) is 25.1 Å². The van der Waals surface area contributed by atoms with Gasteiger partial charge in [0, 0.05) is 16.7 Å². The number of nitrogens with one attached hydrogen (secondary N) is 2. The number of rotatable bonds is 2. The van der Waals surface area contributed by atoms with Crippen LogP contribution in [0.3, 0.4) is 0 Å². The minimum Gasteiger partial charge on any atom is -0.331 e. The smallest absolute Gasteiger partial charge is 0.203 e. The third-order valence-electron chi connectivity index (χ3n) is 5.36. The Labute approximate surface area is 155 Å². The van der Waals surface area contributed by atoms with E-state index in [1.807, 2.05) is 12.1 Å². The van der Waals surface area contributed by atoms with Crippen LogP contribution in [0, 0.1) is 56.7 Å². The Hall–Kier alpha value is -2.17. The van der Waals surface area contributed by atoms with Crippen molar-refractivity contribution in [3.05, 3.63) is 33.0 Å². The quantitative estimate of drug-likeness (QED) is 0.780. The van der Waals surface area contributed by atoms with Crippen LogP contribution in [0.4, 0.5) is 0 Å². The van der Waals surface area contributed by atoms with Crippen LogP contribution in [0.1, 0.15) is 17.7 Å². The van der Waals surface area contributed by atoms with Crippen LogP contribution in [-0.2, 0) is 0 Å². The number of nitrogens with zero attached hydrogens (tertiary/aromatic N) is 3. The van der Waals surface area contributed by atoms with Crippen molar-refractivity contribution in [3.8, 4) is 18.2 Å². The predicted octanol–water partition coefficient (Wildman–Crippen LogP) is 2.15. The van der Waals surface area contributed by atoms with Gasteiger partial charge in [-0.05, 0) is 30.7 Å². The lowest BCUT2D eigenvalue weighted by Gasteiger charge is -2.45. The second-order valence-corrected chi connectivity index (χ2v) is 8.19. The van der Waals surface area contributed by atoms with Gasteiger partial charge in [-0.1, -0.05) is 11.6 Å². The van der Waals surface area contributed by atoms with Gasteiger partial charge in [-0.25, -0.2) is 0 Å². The average Bonchev–Trinajstić information content (AvgIpc) is 3.06. The Morgan fingerprint density at radius 2 is 2.08 bits per heavy atom. The molecule has 7 heteroatoms. The molecule has 0 amide bonds. The number of nitriles is 3. The Kier molecular flexibility index (Phi) is 4.67. The summed E-state index contributed by atoms with van der Waals surface area (Å²) in [5.41, 5.74) is -1.03. The fraction of sp³-hybridized carbons (Fsp3) is 0.444. The normalized spacial score (nSPS) is 30.4. The van der Waals surface area contributed by atoms with E-state index in [9.17, 15) is 15.8 Å². The highest BCUT2D eigenvalue weighted by molar-refractivity contribution is 7.16. The molecule has 0 spiro atoms. The van der Waals surface area contributed by atoms with Crippen LogP contribution < -0.4 is 4.90 Å². The van der Waals surface area contributed by atoms with E-state index in [1.165, 1.54) is 16.2 Å². The highest BCUT2D eigenvalue weighted by Gasteiger charge is 2.57. The highest BCUT2D eigenvalue weighted by Crippen LogP contribution is 2.52. The van der Waals surface area contributed by atoms with E-state index in [0.29, 0.717) is 9.91 Å². The zero-order valence-electron chi connectivity index (χ0n) is 13.7. The molecule has 1 aliphatic carbocycles. The number of hydrogen-bond acceptors (Lipinski definition) is 5. The van der Waals surface area contributed by atoms with Crippen molar-refractivity contribution < 1.29 is 4.90 Å². The van der Waals surface area contributed by atoms with Crippen LogP contribution in [0.5, 0.6) is 0 Å². The summed E-state index contributed by atoms with van der Waals surface area (Å²) >= 11 is 7.52. The SMILES string of the molecule is CC[NH+]1CC=C2[C@H](C1)[C@H](c1ccc(Cl)s1)[C@H](C#N)C(=N)C2(C#N)C#N. The molecule has 0 radical (unpaired) electrons. The summed E-state index contributed by atoms with van der Waals surface area (Å²) in [4.78, 5) is 2.29. The number of thiophene rings is 1. The Morgan fingerprint density at radius 1 is 1.36 bits per heavy atom. The van der Waals surface area contributed by atoms with Gasteiger partial charge in [-0.15, -0.1) is 11.3 Å². The topological polar surface area (TPSA) is 99.7 Å². The number of hydrogen-bond donors (Lipinski definition) is 2. The van der Waals surface area contributed by atoms with Gasteiger partial charge in [0.15, 0.2) is 0 Å². The van der Waals surface area contributed by atoms with Gasteiger partial charge in [0.05, 0.1) is 53.8 Å². The maximum Gasteiger partial charge on any atom is 0.203 e. The first-order valence-corrected chi connectivity index (χ1v) is 9.32. The largest absolute Gasteiger partial charge is 0.331 e. The first kappa shape index (κ1) is 17.6. The van der Waals surface area contributed by atoms with Crippen molar-refractivity contribution in [2.75, 3.05) is 19.6 Å². The van der Waals surface area contributed by atoms with Crippen molar-refractivity contribution in [1.82, 2.24) is 0 Å². The van der Waals surface area contributed by atoms with Crippen molar-refractivity contribution in [2.45, 2.75) is 12.8 Å². The van der Waals surface area contributed by atoms with E-state index >= 15 is 0 Å². The van der Waals surface area contributed by atoms with Gasteiger partial charge < -0.3 is 10.3 Å². The summed E-state index contributed by atoms with van der Waals surface area (Å²) in [6.45, 7) is 4.51. The van der Waals surface area contributed by atoms with Gasteiger partial charge in [0.1, 0.15) is 0 Å². The first-order valence-electron chi connectivity index (χ1n) is 8.12. The van der Waals surface area contributed by atoms with Crippen LogP contribution in [0.15, 0.2) is 23.8 Å². The standard InChI is InChI=1S/C18H16ClN5S/c1-2-24-6-5-13-12(8-24)16(14-3-4-15(19)25-14)11(7-20)17(23)18(13,9-21)10-22/h3-5,11-12,16,23H,2,6,8H2,1H3/p+1/t11-,12-,16+/m0/s1. The zero-order chi connectivity index (χ0) is 18.2. The summed E-state index contributed by atoms with van der Waals surface area (Å²) in [6, 6.07) is 10.0. The van der Waals surface area contributed by atoms with Gasteiger partial charge in [-0.3, -0.25) is 0 Å². The van der Waals surface area contributed by atoms with Crippen LogP contribution in [0.25, 0.3) is 0 Å². The lowest BCUT2D eigenvalue weighted by molar-refractivity contribution is -0.897. The predicted molar refractivity (Wildman–Crippen MR) is 95.4 cm³/mol. The number of likely N-dealkylation sites (N-methyl/N-ethyl adjacent to an activating group) is 1. The van der Waals surface area contributed by atoms with Crippen LogP contribution in [-0.4, -0.2) is 25.3 Å². The molecule has 1 saturated carbocycles. The van der Waals surface area contributed by atoms with Crippen molar-refractivity contribution in [2.24, 2.45) is 17.3 Å². The summed E-state index contributed by atoms with van der Waals surface area (Å²) in [5.74, 6) is -1.15. The molecule has 5 nitrogen and oxygen atoms in total. The fourth-order valence-electron chi connectivity index (χ4n) is 4.04. The van der Waals surface area contributed by atoms with Crippen molar-refractivity contribution in [1.29, 1.82) is 21.2 Å². The van der Waals surface area contributed by atoms with E-state index in [4.69, 9.17) is 17.0 Å². The molecule has 0 aromatic carbocycles. The van der Waals surface area contributed by atoms with Gasteiger partial charge in [-0.2, -0.15) is 15.8 Å². The van der Waals surface area contributed by atoms with E-state index < -0.39 is 11.3 Å². The van der Waals surface area contributed by atoms with Crippen molar-refractivity contribution >= 4 is 28.6 Å². The molecule has 2 heterocycles. The molecule has 1 aromatic heterocycles. The molecular weight excluding hydrogens is 354 g/mol. The zero-order valence-corrected chi connectivity index (χ0v) is 15.3. The molecule has 0 saturated heterocycles. The van der Waals surface area contributed by atoms with Gasteiger partial charge >= 0.3 is 0 Å². The molecule has 25 heavy (non-hydrogen) atoms. The molecule has 4 atom stereocenters. The molecule has 0 bridgehead atoms. The Balaban J connectivity index is 2.21. The van der Waals surface area contributed by atoms with Gasteiger partial charge in [0.2, 0.25) is 5.41 Å². The molecule has 1 aromatic rings. The third-order valence-corrected chi connectivity index (χ3v) is 6.69. The van der Waals surface area contributed by atoms with E-state index in [1.54, 1.807) is 6.07 Å². The fourth-order valence-corrected chi connectivity index (χ4v) is 5.30. The molecular formula is C18H17ClN5S+. The minimum atomic E-state index is -1.62. The first-order chi connectivity index (χ1) is 12.0. The second-order valence-electron chi connectivity index (χ2n) is 6.44. The lowest BCUT2D eigenvalue weighted by Crippen LogP contribution is -3.13. The summed E-state index contributed by atoms with van der Waals surface area (Å²) in [5, 5.41) is 37.8. The second kappa shape index (κ2) is 6.62. The maximum atomic E-state index is 9.77. The molecule has 2 N–H and O–H groups in total. The van der Waals surface area contributed by atoms with Gasteiger partial charge in [0.25, 0.3) is 0 Å². The average molecular weight is 371 g/mol. The lowest BCUT2D eigenvalue weighted by atomic mass is 9.56. The molecule has 126 valence electrons. The highest BCUT2D eigenvalue weighted by atomic mass is 35.5. The molecule has 2 aliphatic rings. The van der Waals surface area contributed by atoms with E-state index in [0.717, 1.165) is 24.5 Å². The van der Waals surface area contributed by atoms with Crippen molar-refractivity contribution in [3.63, 3.8) is 0 Å². The number of halogens is 1. The molecule has 3 rings (SSSR count). The number of fused-ring (bicyclic) bond motifs is 1.